The zero-order chi connectivity index (χ0) is 14.8. The molecular weight excluding hydrogens is 268 g/mol. The first-order valence-electron chi connectivity index (χ1n) is 6.50. The molecule has 0 saturated carbocycles. The van der Waals surface area contributed by atoms with Gasteiger partial charge in [0.15, 0.2) is 17.8 Å². The number of carbonyl (C=O) groups is 1. The predicted octanol–water partition coefficient (Wildman–Crippen LogP) is 3.80. The molecule has 0 aliphatic rings. The molecule has 0 fully saturated rings. The van der Waals surface area contributed by atoms with Crippen LogP contribution in [0.4, 0.5) is 5.69 Å². The smallest absolute Gasteiger partial charge is 0.278 e. The van der Waals surface area contributed by atoms with E-state index < -0.39 is 0 Å². The number of aromatic nitrogens is 1. The van der Waals surface area contributed by atoms with E-state index in [2.05, 4.69) is 10.3 Å². The van der Waals surface area contributed by atoms with Crippen molar-refractivity contribution in [2.75, 3.05) is 5.32 Å². The molecule has 0 unspecified atom stereocenters. The third-order valence-electron chi connectivity index (χ3n) is 3.01. The van der Waals surface area contributed by atoms with E-state index in [1.165, 1.54) is 12.7 Å². The van der Waals surface area contributed by atoms with E-state index in [0.29, 0.717) is 11.5 Å². The lowest BCUT2D eigenvalue weighted by atomic mass is 10.1. The maximum atomic E-state index is 12.3. The highest BCUT2D eigenvalue weighted by molar-refractivity contribution is 6.06. The number of anilines is 1. The van der Waals surface area contributed by atoms with Crippen molar-refractivity contribution < 1.29 is 13.6 Å². The van der Waals surface area contributed by atoms with Crippen LogP contribution in [0, 0.1) is 13.8 Å². The van der Waals surface area contributed by atoms with Crippen LogP contribution in [-0.2, 0) is 0 Å². The first-order chi connectivity index (χ1) is 10.1. The monoisotopic (exact) mass is 282 g/mol. The molecule has 0 aliphatic heterocycles. The van der Waals surface area contributed by atoms with Gasteiger partial charge in [0.25, 0.3) is 5.91 Å². The molecule has 0 aliphatic carbocycles. The van der Waals surface area contributed by atoms with Crippen molar-refractivity contribution in [3.05, 3.63) is 59.8 Å². The number of amides is 1. The number of hydrogen-bond donors (Lipinski definition) is 1. The summed E-state index contributed by atoms with van der Waals surface area (Å²) in [6.07, 6.45) is 2.75. The molecule has 1 amide bonds. The lowest BCUT2D eigenvalue weighted by Crippen LogP contribution is -2.13. The first kappa shape index (κ1) is 13.2. The van der Waals surface area contributed by atoms with E-state index in [-0.39, 0.29) is 11.6 Å². The van der Waals surface area contributed by atoms with Crippen LogP contribution in [0.3, 0.4) is 0 Å². The van der Waals surface area contributed by atoms with Crippen molar-refractivity contribution in [3.8, 4) is 11.5 Å². The quantitative estimate of drug-likeness (QED) is 0.793. The summed E-state index contributed by atoms with van der Waals surface area (Å²) in [6.45, 7) is 3.96. The van der Waals surface area contributed by atoms with Gasteiger partial charge in [0.05, 0.1) is 6.26 Å². The minimum Gasteiger partial charge on any atom is -0.461 e. The van der Waals surface area contributed by atoms with Crippen molar-refractivity contribution in [2.45, 2.75) is 13.8 Å². The van der Waals surface area contributed by atoms with Gasteiger partial charge in [-0.25, -0.2) is 4.98 Å². The minimum absolute atomic E-state index is 0.198. The van der Waals surface area contributed by atoms with Gasteiger partial charge in [0, 0.05) is 5.69 Å². The van der Waals surface area contributed by atoms with Crippen molar-refractivity contribution >= 4 is 11.6 Å². The number of benzene rings is 1. The maximum absolute atomic E-state index is 12.3. The summed E-state index contributed by atoms with van der Waals surface area (Å²) < 4.78 is 10.5. The highest BCUT2D eigenvalue weighted by atomic mass is 16.4. The van der Waals surface area contributed by atoms with Crippen LogP contribution in [0.15, 0.2) is 51.8 Å². The number of carbonyl (C=O) groups excluding carboxylic acids is 1. The van der Waals surface area contributed by atoms with Gasteiger partial charge in [-0.1, -0.05) is 6.07 Å². The first-order valence-corrected chi connectivity index (χ1v) is 6.50. The van der Waals surface area contributed by atoms with E-state index in [0.717, 1.165) is 16.8 Å². The van der Waals surface area contributed by atoms with Crippen molar-refractivity contribution in [3.63, 3.8) is 0 Å². The minimum atomic E-state index is -0.333. The second kappa shape index (κ2) is 5.28. The van der Waals surface area contributed by atoms with Crippen LogP contribution in [-0.4, -0.2) is 10.9 Å². The van der Waals surface area contributed by atoms with Gasteiger partial charge in [-0.15, -0.1) is 0 Å². The van der Waals surface area contributed by atoms with Crippen LogP contribution in [0.2, 0.25) is 0 Å². The van der Waals surface area contributed by atoms with Crippen molar-refractivity contribution in [1.82, 2.24) is 4.98 Å². The molecule has 3 rings (SSSR count). The molecule has 5 heteroatoms. The second-order valence-electron chi connectivity index (χ2n) is 4.84. The summed E-state index contributed by atoms with van der Waals surface area (Å²) in [5, 5.41) is 2.83. The Balaban J connectivity index is 1.88. The van der Waals surface area contributed by atoms with Gasteiger partial charge in [0.1, 0.15) is 0 Å². The van der Waals surface area contributed by atoms with E-state index in [1.807, 2.05) is 32.0 Å². The molecule has 0 atom stereocenters. The van der Waals surface area contributed by atoms with Crippen LogP contribution in [0.1, 0.15) is 21.6 Å². The summed E-state index contributed by atoms with van der Waals surface area (Å²) >= 11 is 0. The molecule has 106 valence electrons. The molecule has 0 radical (unpaired) electrons. The zero-order valence-electron chi connectivity index (χ0n) is 11.7. The lowest BCUT2D eigenvalue weighted by Gasteiger charge is -2.06. The third-order valence-corrected chi connectivity index (χ3v) is 3.01. The van der Waals surface area contributed by atoms with Crippen LogP contribution >= 0.6 is 0 Å². The average molecular weight is 282 g/mol. The van der Waals surface area contributed by atoms with Crippen LogP contribution in [0.25, 0.3) is 11.5 Å². The number of rotatable bonds is 3. The maximum Gasteiger partial charge on any atom is 0.278 e. The average Bonchev–Trinajstić information content (AvgIpc) is 3.08. The molecule has 5 nitrogen and oxygen atoms in total. The van der Waals surface area contributed by atoms with Crippen LogP contribution < -0.4 is 5.32 Å². The second-order valence-corrected chi connectivity index (χ2v) is 4.84. The van der Waals surface area contributed by atoms with Gasteiger partial charge in [-0.2, -0.15) is 0 Å². The molecule has 0 spiro atoms. The van der Waals surface area contributed by atoms with Crippen molar-refractivity contribution in [1.29, 1.82) is 0 Å². The highest BCUT2D eigenvalue weighted by Crippen LogP contribution is 2.24. The molecule has 0 saturated heterocycles. The van der Waals surface area contributed by atoms with Gasteiger partial charge >= 0.3 is 0 Å². The van der Waals surface area contributed by atoms with Crippen molar-refractivity contribution in [2.24, 2.45) is 0 Å². The number of aryl methyl sites for hydroxylation is 2. The Bertz CT molecular complexity index is 752. The van der Waals surface area contributed by atoms with E-state index in [4.69, 9.17) is 8.83 Å². The Morgan fingerprint density at radius 3 is 2.57 bits per heavy atom. The summed E-state index contributed by atoms with van der Waals surface area (Å²) in [5.74, 6) is 0.458. The highest BCUT2D eigenvalue weighted by Gasteiger charge is 2.20. The molecular formula is C16H14N2O3. The fourth-order valence-corrected chi connectivity index (χ4v) is 2.23. The Morgan fingerprint density at radius 2 is 1.90 bits per heavy atom. The largest absolute Gasteiger partial charge is 0.461 e. The van der Waals surface area contributed by atoms with Gasteiger partial charge in [-0.3, -0.25) is 4.79 Å². The number of hydrogen-bond acceptors (Lipinski definition) is 4. The summed E-state index contributed by atoms with van der Waals surface area (Å²) in [6, 6.07) is 9.28. The fraction of sp³-hybridized carbons (Fsp3) is 0.125. The molecule has 2 heterocycles. The van der Waals surface area contributed by atoms with E-state index >= 15 is 0 Å². The molecule has 1 aromatic carbocycles. The number of furan rings is 1. The topological polar surface area (TPSA) is 68.3 Å². The summed E-state index contributed by atoms with van der Waals surface area (Å²) in [4.78, 5) is 16.3. The van der Waals surface area contributed by atoms with Gasteiger partial charge in [-0.05, 0) is 49.2 Å². The van der Waals surface area contributed by atoms with Gasteiger partial charge < -0.3 is 14.2 Å². The van der Waals surface area contributed by atoms with E-state index in [1.54, 1.807) is 12.1 Å². The molecule has 1 N–H and O–H groups in total. The molecule has 21 heavy (non-hydrogen) atoms. The number of oxazole rings is 1. The van der Waals surface area contributed by atoms with E-state index in [9.17, 15) is 4.79 Å². The number of nitrogens with zero attached hydrogens (tertiary/aromatic N) is 1. The standard InChI is InChI=1S/C16H14N2O3/c1-10-6-11(2)8-12(7-10)18-16(19)14-15(21-9-17-14)13-4-3-5-20-13/h3-9H,1-2H3,(H,18,19). The Labute approximate surface area is 121 Å². The SMILES string of the molecule is Cc1cc(C)cc(NC(=O)c2ncoc2-c2ccco2)c1. The summed E-state index contributed by atoms with van der Waals surface area (Å²) in [7, 11) is 0. The predicted molar refractivity (Wildman–Crippen MR) is 78.1 cm³/mol. The number of nitrogens with one attached hydrogen (secondary N) is 1. The lowest BCUT2D eigenvalue weighted by molar-refractivity contribution is 0.102. The Morgan fingerprint density at radius 1 is 1.14 bits per heavy atom. The zero-order valence-corrected chi connectivity index (χ0v) is 11.7. The molecule has 0 bridgehead atoms. The Kier molecular flexibility index (Phi) is 3.31. The molecule has 2 aromatic heterocycles. The summed E-state index contributed by atoms with van der Waals surface area (Å²) in [5.41, 5.74) is 3.09. The van der Waals surface area contributed by atoms with Crippen LogP contribution in [0.5, 0.6) is 0 Å². The van der Waals surface area contributed by atoms with Gasteiger partial charge in [0.2, 0.25) is 5.76 Å². The third kappa shape index (κ3) is 2.72. The molecule has 3 aromatic rings. The fourth-order valence-electron chi connectivity index (χ4n) is 2.23. The normalized spacial score (nSPS) is 10.6. The Hall–Kier alpha value is -2.82.